The van der Waals surface area contributed by atoms with Crippen LogP contribution in [0.5, 0.6) is 0 Å². The number of carbonyl (C=O) groups is 1. The van der Waals surface area contributed by atoms with Gasteiger partial charge in [0.25, 0.3) is 8.32 Å². The van der Waals surface area contributed by atoms with Crippen molar-refractivity contribution in [2.45, 2.75) is 57.6 Å². The zero-order valence-corrected chi connectivity index (χ0v) is 19.0. The summed E-state index contributed by atoms with van der Waals surface area (Å²) < 4.78 is 12.0. The zero-order chi connectivity index (χ0) is 20.9. The normalized spacial score (nSPS) is 17.7. The number of hydrogen-bond donors (Lipinski definition) is 0. The van der Waals surface area contributed by atoms with Crippen molar-refractivity contribution in [3.8, 4) is 0 Å². The number of methoxy groups -OCH3 is 1. The van der Waals surface area contributed by atoms with Crippen molar-refractivity contribution in [3.05, 3.63) is 72.3 Å². The molecule has 0 unspecified atom stereocenters. The number of rotatable bonds is 5. The van der Waals surface area contributed by atoms with Gasteiger partial charge in [-0.05, 0) is 41.1 Å². The second kappa shape index (κ2) is 9.10. The van der Waals surface area contributed by atoms with Crippen LogP contribution in [0.4, 0.5) is 0 Å². The molecule has 3 rings (SSSR count). The number of allylic oxidation sites excluding steroid dienone is 1. The summed E-state index contributed by atoms with van der Waals surface area (Å²) in [5.41, 5.74) is 1.17. The molecular weight excluding hydrogens is 376 g/mol. The molecule has 3 nitrogen and oxygen atoms in total. The van der Waals surface area contributed by atoms with Crippen molar-refractivity contribution in [2.75, 3.05) is 7.11 Å². The van der Waals surface area contributed by atoms with Crippen molar-refractivity contribution in [2.24, 2.45) is 0 Å². The maximum absolute atomic E-state index is 11.6. The highest BCUT2D eigenvalue weighted by atomic mass is 28.4. The van der Waals surface area contributed by atoms with Gasteiger partial charge in [-0.2, -0.15) is 0 Å². The molecule has 0 aliphatic heterocycles. The molecule has 0 bridgehead atoms. The molecule has 0 radical (unpaired) electrons. The predicted octanol–water partition coefficient (Wildman–Crippen LogP) is 4.61. The lowest BCUT2D eigenvalue weighted by Crippen LogP contribution is -2.67. The highest BCUT2D eigenvalue weighted by Gasteiger charge is 2.51. The first-order chi connectivity index (χ1) is 13.9. The van der Waals surface area contributed by atoms with Gasteiger partial charge in [-0.1, -0.05) is 87.0 Å². The summed E-state index contributed by atoms with van der Waals surface area (Å²) in [6, 6.07) is 21.5. The fourth-order valence-corrected chi connectivity index (χ4v) is 9.14. The largest absolute Gasteiger partial charge is 0.466 e. The van der Waals surface area contributed by atoms with Crippen molar-refractivity contribution in [1.29, 1.82) is 0 Å². The third-order valence-corrected chi connectivity index (χ3v) is 11.0. The average molecular weight is 409 g/mol. The molecule has 2 aromatic carbocycles. The van der Waals surface area contributed by atoms with E-state index >= 15 is 0 Å². The highest BCUT2D eigenvalue weighted by Crippen LogP contribution is 2.39. The van der Waals surface area contributed by atoms with Gasteiger partial charge in [0.15, 0.2) is 0 Å². The fraction of sp³-hybridized carbons (Fsp3) is 0.400. The van der Waals surface area contributed by atoms with Gasteiger partial charge in [0.1, 0.15) is 0 Å². The molecule has 0 heterocycles. The van der Waals surface area contributed by atoms with Gasteiger partial charge >= 0.3 is 5.97 Å². The minimum Gasteiger partial charge on any atom is -0.466 e. The molecule has 0 aromatic heterocycles. The van der Waals surface area contributed by atoms with Crippen molar-refractivity contribution >= 4 is 24.7 Å². The Balaban J connectivity index is 1.95. The van der Waals surface area contributed by atoms with Crippen molar-refractivity contribution in [3.63, 3.8) is 0 Å². The Morgan fingerprint density at radius 1 is 0.931 bits per heavy atom. The van der Waals surface area contributed by atoms with Crippen LogP contribution in [0.15, 0.2) is 72.3 Å². The van der Waals surface area contributed by atoms with Gasteiger partial charge in [-0.3, -0.25) is 0 Å². The van der Waals surface area contributed by atoms with E-state index in [1.807, 2.05) is 0 Å². The number of esters is 1. The number of hydrogen-bond acceptors (Lipinski definition) is 3. The molecular formula is C25H32O3Si. The molecule has 4 heteroatoms. The lowest BCUT2D eigenvalue weighted by atomic mass is 9.92. The standard InChI is InChI=1S/C25H32O3Si/c1-25(2,3)29(22-11-7-5-8-12-22,23-13-9-6-10-14-23)28-21-17-15-20(16-18-21)19-24(26)27-4/h5-14,19,21H,15-18H2,1-4H3. The van der Waals surface area contributed by atoms with Crippen LogP contribution in [0.2, 0.25) is 5.04 Å². The summed E-state index contributed by atoms with van der Waals surface area (Å²) in [6.07, 6.45) is 5.49. The predicted molar refractivity (Wildman–Crippen MR) is 121 cm³/mol. The summed E-state index contributed by atoms with van der Waals surface area (Å²) in [7, 11) is -1.08. The van der Waals surface area contributed by atoms with E-state index in [2.05, 4.69) is 81.4 Å². The Labute approximate surface area is 175 Å². The average Bonchev–Trinajstić information content (AvgIpc) is 2.73. The maximum atomic E-state index is 11.6. The first-order valence-electron chi connectivity index (χ1n) is 10.4. The summed E-state index contributed by atoms with van der Waals surface area (Å²) in [5.74, 6) is -0.258. The van der Waals surface area contributed by atoms with E-state index in [1.165, 1.54) is 23.1 Å². The summed E-state index contributed by atoms with van der Waals surface area (Å²) in [4.78, 5) is 11.6. The smallest absolute Gasteiger partial charge is 0.330 e. The van der Waals surface area contributed by atoms with Crippen molar-refractivity contribution in [1.82, 2.24) is 0 Å². The van der Waals surface area contributed by atoms with E-state index in [4.69, 9.17) is 9.16 Å². The molecule has 0 amide bonds. The molecule has 154 valence electrons. The molecule has 1 fully saturated rings. The van der Waals surface area contributed by atoms with Crippen LogP contribution >= 0.6 is 0 Å². The Morgan fingerprint density at radius 3 is 1.83 bits per heavy atom. The van der Waals surface area contributed by atoms with Crippen LogP contribution in [0.3, 0.4) is 0 Å². The summed E-state index contributed by atoms with van der Waals surface area (Å²) >= 11 is 0. The van der Waals surface area contributed by atoms with E-state index in [0.717, 1.165) is 25.7 Å². The molecule has 1 aliphatic carbocycles. The quantitative estimate of drug-likeness (QED) is 0.412. The molecule has 0 N–H and O–H groups in total. The zero-order valence-electron chi connectivity index (χ0n) is 18.0. The van der Waals surface area contributed by atoms with E-state index in [-0.39, 0.29) is 17.1 Å². The van der Waals surface area contributed by atoms with Crippen LogP contribution in [0, 0.1) is 0 Å². The van der Waals surface area contributed by atoms with E-state index in [1.54, 1.807) is 6.08 Å². The molecule has 2 aromatic rings. The van der Waals surface area contributed by atoms with Crippen LogP contribution in [-0.2, 0) is 14.0 Å². The SMILES string of the molecule is COC(=O)C=C1CCC(O[Si](c2ccccc2)(c2ccccc2)C(C)(C)C)CC1. The monoisotopic (exact) mass is 408 g/mol. The molecule has 1 aliphatic rings. The molecule has 0 spiro atoms. The van der Waals surface area contributed by atoms with E-state index in [0.29, 0.717) is 0 Å². The van der Waals surface area contributed by atoms with Crippen LogP contribution < -0.4 is 10.4 Å². The molecule has 0 atom stereocenters. The lowest BCUT2D eigenvalue weighted by molar-refractivity contribution is -0.134. The van der Waals surface area contributed by atoms with Gasteiger partial charge in [-0.15, -0.1) is 0 Å². The van der Waals surface area contributed by atoms with Gasteiger partial charge in [0.05, 0.1) is 7.11 Å². The third-order valence-electron chi connectivity index (χ3n) is 5.86. The lowest BCUT2D eigenvalue weighted by Gasteiger charge is -2.46. The van der Waals surface area contributed by atoms with Crippen LogP contribution in [0.25, 0.3) is 0 Å². The highest BCUT2D eigenvalue weighted by molar-refractivity contribution is 6.99. The summed E-state index contributed by atoms with van der Waals surface area (Å²) in [6.45, 7) is 6.93. The van der Waals surface area contributed by atoms with Crippen LogP contribution in [0.1, 0.15) is 46.5 Å². The van der Waals surface area contributed by atoms with Gasteiger partial charge in [0, 0.05) is 12.2 Å². The molecule has 1 saturated carbocycles. The van der Waals surface area contributed by atoms with Gasteiger partial charge in [0.2, 0.25) is 0 Å². The number of ether oxygens (including phenoxy) is 1. The topological polar surface area (TPSA) is 35.5 Å². The first-order valence-corrected chi connectivity index (χ1v) is 12.3. The number of benzene rings is 2. The fourth-order valence-electron chi connectivity index (χ4n) is 4.39. The Kier molecular flexibility index (Phi) is 6.76. The Hall–Kier alpha value is -2.17. The van der Waals surface area contributed by atoms with Crippen LogP contribution in [-0.4, -0.2) is 27.5 Å². The minimum absolute atomic E-state index is 0.0160. The molecule has 29 heavy (non-hydrogen) atoms. The maximum Gasteiger partial charge on any atom is 0.330 e. The minimum atomic E-state index is -2.51. The van der Waals surface area contributed by atoms with E-state index < -0.39 is 8.32 Å². The van der Waals surface area contributed by atoms with E-state index in [9.17, 15) is 4.79 Å². The second-order valence-corrected chi connectivity index (χ2v) is 13.1. The van der Waals surface area contributed by atoms with Gasteiger partial charge < -0.3 is 9.16 Å². The number of carbonyl (C=O) groups excluding carboxylic acids is 1. The summed E-state index contributed by atoms with van der Waals surface area (Å²) in [5, 5.41) is 2.61. The van der Waals surface area contributed by atoms with Crippen molar-refractivity contribution < 1.29 is 14.0 Å². The second-order valence-electron chi connectivity index (χ2n) is 8.81. The Morgan fingerprint density at radius 2 is 1.41 bits per heavy atom. The third kappa shape index (κ3) is 4.70. The molecule has 0 saturated heterocycles. The van der Waals surface area contributed by atoms with Gasteiger partial charge in [-0.25, -0.2) is 4.79 Å². The Bertz CT molecular complexity index is 788. The first kappa shape index (κ1) is 21.5.